The predicted molar refractivity (Wildman–Crippen MR) is 77.2 cm³/mol. The Bertz CT molecular complexity index is 478. The van der Waals surface area contributed by atoms with Gasteiger partial charge in [-0.2, -0.15) is 13.2 Å². The summed E-state index contributed by atoms with van der Waals surface area (Å²) in [5.74, 6) is 0. The summed E-state index contributed by atoms with van der Waals surface area (Å²) in [5, 5.41) is 0. The van der Waals surface area contributed by atoms with E-state index >= 15 is 0 Å². The van der Waals surface area contributed by atoms with Crippen molar-refractivity contribution in [3.05, 3.63) is 59.9 Å². The number of nitrogens with zero attached hydrogens (tertiary/aromatic N) is 1. The number of rotatable bonds is 4. The van der Waals surface area contributed by atoms with Gasteiger partial charge in [0.05, 0.1) is 5.57 Å². The molecule has 1 rings (SSSR count). The van der Waals surface area contributed by atoms with Crippen molar-refractivity contribution in [3.63, 3.8) is 0 Å². The normalized spacial score (nSPS) is 18.9. The minimum absolute atomic E-state index is 0.0978. The highest BCUT2D eigenvalue weighted by Crippen LogP contribution is 2.37. The lowest BCUT2D eigenvalue weighted by molar-refractivity contribution is -0.0888. The first-order chi connectivity index (χ1) is 9.32. The van der Waals surface area contributed by atoms with Gasteiger partial charge in [0.15, 0.2) is 0 Å². The summed E-state index contributed by atoms with van der Waals surface area (Å²) in [5.41, 5.74) is 0.378. The van der Waals surface area contributed by atoms with Crippen molar-refractivity contribution in [3.8, 4) is 0 Å². The Morgan fingerprint density at radius 1 is 1.45 bits per heavy atom. The van der Waals surface area contributed by atoms with E-state index in [0.29, 0.717) is 12.1 Å². The molecule has 0 saturated carbocycles. The summed E-state index contributed by atoms with van der Waals surface area (Å²) in [6.45, 7) is 12.1. The number of halogens is 3. The van der Waals surface area contributed by atoms with Crippen molar-refractivity contribution in [2.75, 3.05) is 13.1 Å². The molecule has 0 aromatic rings. The van der Waals surface area contributed by atoms with Gasteiger partial charge >= 0.3 is 6.18 Å². The molecule has 0 amide bonds. The molecule has 0 N–H and O–H groups in total. The van der Waals surface area contributed by atoms with E-state index in [4.69, 9.17) is 0 Å². The van der Waals surface area contributed by atoms with Crippen molar-refractivity contribution in [1.29, 1.82) is 0 Å². The molecule has 0 radical (unpaired) electrons. The Hall–Kier alpha value is -1.71. The van der Waals surface area contributed by atoms with Crippen LogP contribution in [0.15, 0.2) is 59.9 Å². The van der Waals surface area contributed by atoms with Crippen molar-refractivity contribution in [2.24, 2.45) is 0 Å². The first-order valence-electron chi connectivity index (χ1n) is 6.57. The maximum Gasteiger partial charge on any atom is 0.416 e. The van der Waals surface area contributed by atoms with Gasteiger partial charge in [-0.15, -0.1) is 0 Å². The highest BCUT2D eigenvalue weighted by molar-refractivity contribution is 5.57. The lowest BCUT2D eigenvalue weighted by Crippen LogP contribution is -2.30. The predicted octanol–water partition coefficient (Wildman–Crippen LogP) is 4.77. The molecule has 0 fully saturated rings. The fourth-order valence-electron chi connectivity index (χ4n) is 2.08. The molecule has 0 bridgehead atoms. The van der Waals surface area contributed by atoms with E-state index in [9.17, 15) is 13.2 Å². The van der Waals surface area contributed by atoms with Gasteiger partial charge < -0.3 is 4.90 Å². The Labute approximate surface area is 118 Å². The zero-order valence-corrected chi connectivity index (χ0v) is 11.9. The number of hydrogen-bond acceptors (Lipinski definition) is 1. The lowest BCUT2D eigenvalue weighted by atomic mass is 9.92. The Balaban J connectivity index is 3.15. The van der Waals surface area contributed by atoms with Crippen LogP contribution in [0.2, 0.25) is 0 Å². The average molecular weight is 283 g/mol. The van der Waals surface area contributed by atoms with Gasteiger partial charge in [0, 0.05) is 18.8 Å². The molecule has 0 aromatic heterocycles. The molecule has 1 heterocycles. The van der Waals surface area contributed by atoms with Crippen LogP contribution >= 0.6 is 0 Å². The third kappa shape index (κ3) is 3.65. The van der Waals surface area contributed by atoms with Crippen LogP contribution in [0.5, 0.6) is 0 Å². The van der Waals surface area contributed by atoms with Gasteiger partial charge in [0.25, 0.3) is 0 Å². The van der Waals surface area contributed by atoms with Gasteiger partial charge in [0.2, 0.25) is 0 Å². The maximum absolute atomic E-state index is 12.8. The molecule has 4 heteroatoms. The van der Waals surface area contributed by atoms with Crippen LogP contribution in [-0.4, -0.2) is 24.2 Å². The summed E-state index contributed by atoms with van der Waals surface area (Å²) < 4.78 is 38.4. The first kappa shape index (κ1) is 16.3. The third-order valence-electron chi connectivity index (χ3n) is 3.10. The van der Waals surface area contributed by atoms with E-state index in [1.807, 2.05) is 30.9 Å². The van der Waals surface area contributed by atoms with Crippen molar-refractivity contribution < 1.29 is 13.2 Å². The van der Waals surface area contributed by atoms with Gasteiger partial charge in [-0.1, -0.05) is 38.3 Å². The molecule has 0 aromatic carbocycles. The number of hydrogen-bond donors (Lipinski definition) is 0. The monoisotopic (exact) mass is 283 g/mol. The second kappa shape index (κ2) is 6.64. The lowest BCUT2D eigenvalue weighted by Gasteiger charge is -2.33. The minimum atomic E-state index is -4.42. The molecule has 1 nitrogen and oxygen atoms in total. The fourth-order valence-corrected chi connectivity index (χ4v) is 2.08. The minimum Gasteiger partial charge on any atom is -0.367 e. The quantitative estimate of drug-likeness (QED) is 0.718. The van der Waals surface area contributed by atoms with Crippen LogP contribution in [0.4, 0.5) is 13.2 Å². The molecular weight excluding hydrogens is 263 g/mol. The van der Waals surface area contributed by atoms with Gasteiger partial charge in [-0.3, -0.25) is 0 Å². The summed E-state index contributed by atoms with van der Waals surface area (Å²) in [6.07, 6.45) is 3.50. The van der Waals surface area contributed by atoms with Crippen LogP contribution in [0.1, 0.15) is 20.3 Å². The summed E-state index contributed by atoms with van der Waals surface area (Å²) >= 11 is 0. The van der Waals surface area contributed by atoms with Crippen LogP contribution in [-0.2, 0) is 0 Å². The van der Waals surface area contributed by atoms with Gasteiger partial charge in [-0.25, -0.2) is 0 Å². The van der Waals surface area contributed by atoms with E-state index in [1.54, 1.807) is 12.2 Å². The highest BCUT2D eigenvalue weighted by Gasteiger charge is 2.36. The Morgan fingerprint density at radius 2 is 2.10 bits per heavy atom. The smallest absolute Gasteiger partial charge is 0.367 e. The van der Waals surface area contributed by atoms with Crippen LogP contribution in [0.3, 0.4) is 0 Å². The number of alkyl halides is 3. The van der Waals surface area contributed by atoms with Crippen LogP contribution < -0.4 is 0 Å². The number of allylic oxidation sites excluding steroid dienone is 5. The standard InChI is InChI=1S/C16H20F3N/c1-5-7-8-15-12(3)14(13(4)16(17,18)19)9-11-20(15)10-6-2/h5,7-9H,3-4,6,10-11H2,1-2H3/b7-5-,15-8+. The molecule has 0 unspecified atom stereocenters. The van der Waals surface area contributed by atoms with E-state index in [0.717, 1.165) is 18.7 Å². The van der Waals surface area contributed by atoms with Crippen molar-refractivity contribution in [2.45, 2.75) is 26.4 Å². The van der Waals surface area contributed by atoms with Gasteiger partial charge in [-0.05, 0) is 30.6 Å². The van der Waals surface area contributed by atoms with Crippen molar-refractivity contribution in [1.82, 2.24) is 4.90 Å². The summed E-state index contributed by atoms with van der Waals surface area (Å²) in [4.78, 5) is 2.02. The van der Waals surface area contributed by atoms with E-state index in [2.05, 4.69) is 13.2 Å². The maximum atomic E-state index is 12.8. The van der Waals surface area contributed by atoms with Crippen molar-refractivity contribution >= 4 is 0 Å². The molecule has 1 aliphatic rings. The highest BCUT2D eigenvalue weighted by atomic mass is 19.4. The molecular formula is C16H20F3N. The topological polar surface area (TPSA) is 3.24 Å². The molecule has 110 valence electrons. The van der Waals surface area contributed by atoms with E-state index in [-0.39, 0.29) is 5.57 Å². The largest absolute Gasteiger partial charge is 0.416 e. The van der Waals surface area contributed by atoms with E-state index in [1.165, 1.54) is 0 Å². The van der Waals surface area contributed by atoms with Crippen LogP contribution in [0, 0.1) is 0 Å². The summed E-state index contributed by atoms with van der Waals surface area (Å²) in [7, 11) is 0. The molecule has 0 atom stereocenters. The van der Waals surface area contributed by atoms with Crippen LogP contribution in [0.25, 0.3) is 0 Å². The summed E-state index contributed by atoms with van der Waals surface area (Å²) in [6, 6.07) is 0. The Kier molecular flexibility index (Phi) is 5.43. The zero-order valence-electron chi connectivity index (χ0n) is 11.9. The SMILES string of the molecule is C=C1C(C(=C)C(F)(F)F)=CCN(CCC)/C1=C/C=C\C. The molecule has 0 spiro atoms. The molecule has 0 aliphatic carbocycles. The second-order valence-electron chi connectivity index (χ2n) is 4.60. The molecule has 20 heavy (non-hydrogen) atoms. The first-order valence-corrected chi connectivity index (χ1v) is 6.57. The zero-order chi connectivity index (χ0) is 15.3. The third-order valence-corrected chi connectivity index (χ3v) is 3.10. The fraction of sp³-hybridized carbons (Fsp3) is 0.375. The average Bonchev–Trinajstić information content (AvgIpc) is 2.37. The van der Waals surface area contributed by atoms with Gasteiger partial charge in [0.1, 0.15) is 0 Å². The molecule has 0 saturated heterocycles. The second-order valence-corrected chi connectivity index (χ2v) is 4.60. The van der Waals surface area contributed by atoms with E-state index < -0.39 is 11.7 Å². The molecule has 1 aliphatic heterocycles. The Morgan fingerprint density at radius 3 is 2.60 bits per heavy atom.